The van der Waals surface area contributed by atoms with Crippen molar-refractivity contribution in [2.45, 2.75) is 51.5 Å². The van der Waals surface area contributed by atoms with Crippen LogP contribution in [0.4, 0.5) is 0 Å². The van der Waals surface area contributed by atoms with Gasteiger partial charge in [0.25, 0.3) is 5.56 Å². The predicted molar refractivity (Wildman–Crippen MR) is 109 cm³/mol. The lowest BCUT2D eigenvalue weighted by Gasteiger charge is -2.25. The molecule has 5 nitrogen and oxygen atoms in total. The molecule has 0 saturated carbocycles. The average molecular weight is 377 g/mol. The molecule has 2 atom stereocenters. The molecule has 1 fully saturated rings. The number of carbonyl (C=O) groups is 1. The van der Waals surface area contributed by atoms with Gasteiger partial charge in [-0.2, -0.15) is 0 Å². The Kier molecular flexibility index (Phi) is 5.42. The molecule has 1 saturated heterocycles. The van der Waals surface area contributed by atoms with Crippen LogP contribution in [0.5, 0.6) is 0 Å². The van der Waals surface area contributed by atoms with Gasteiger partial charge in [0.15, 0.2) is 0 Å². The van der Waals surface area contributed by atoms with Crippen LogP contribution >= 0.6 is 0 Å². The lowest BCUT2D eigenvalue weighted by molar-refractivity contribution is -0.133. The van der Waals surface area contributed by atoms with Crippen LogP contribution < -0.4 is 5.56 Å². The number of likely N-dealkylation sites (tertiary alicyclic amines) is 1. The van der Waals surface area contributed by atoms with E-state index in [9.17, 15) is 9.59 Å². The minimum atomic E-state index is -0.116. The van der Waals surface area contributed by atoms with E-state index in [-0.39, 0.29) is 17.5 Å². The van der Waals surface area contributed by atoms with E-state index in [1.54, 1.807) is 0 Å². The van der Waals surface area contributed by atoms with E-state index in [0.29, 0.717) is 30.1 Å². The van der Waals surface area contributed by atoms with Gasteiger partial charge < -0.3 is 9.88 Å². The van der Waals surface area contributed by atoms with Crippen molar-refractivity contribution in [3.8, 4) is 0 Å². The highest BCUT2D eigenvalue weighted by Crippen LogP contribution is 2.32. The summed E-state index contributed by atoms with van der Waals surface area (Å²) in [6.45, 7) is 2.63. The molecule has 2 heterocycles. The van der Waals surface area contributed by atoms with E-state index in [4.69, 9.17) is 4.98 Å². The Balaban J connectivity index is 1.54. The fourth-order valence-corrected chi connectivity index (χ4v) is 4.35. The first-order chi connectivity index (χ1) is 13.6. The molecule has 1 amide bonds. The summed E-state index contributed by atoms with van der Waals surface area (Å²) < 4.78 is 0. The lowest BCUT2D eigenvalue weighted by Crippen LogP contribution is -2.34. The SMILES string of the molecule is Cc1nc([C@@H]2CCCN2C(=O)C[C@@H]2C=CCC2)[nH]c(=O)c1Cc1ccccc1. The normalized spacial score (nSPS) is 21.4. The first-order valence-electron chi connectivity index (χ1n) is 10.2. The smallest absolute Gasteiger partial charge is 0.254 e. The van der Waals surface area contributed by atoms with Crippen LogP contribution in [0.1, 0.15) is 60.8 Å². The van der Waals surface area contributed by atoms with Crippen LogP contribution in [0.25, 0.3) is 0 Å². The Morgan fingerprint density at radius 3 is 2.79 bits per heavy atom. The van der Waals surface area contributed by atoms with Crippen molar-refractivity contribution in [3.05, 3.63) is 75.5 Å². The third kappa shape index (κ3) is 3.93. The molecular weight excluding hydrogens is 350 g/mol. The van der Waals surface area contributed by atoms with Crippen LogP contribution in [0.3, 0.4) is 0 Å². The molecular formula is C23H27N3O2. The van der Waals surface area contributed by atoms with E-state index in [1.807, 2.05) is 42.2 Å². The minimum absolute atomic E-state index is 0.0932. The van der Waals surface area contributed by atoms with E-state index in [1.165, 1.54) is 0 Å². The zero-order valence-corrected chi connectivity index (χ0v) is 16.4. The molecule has 0 unspecified atom stereocenters. The van der Waals surface area contributed by atoms with Crippen molar-refractivity contribution in [1.82, 2.24) is 14.9 Å². The van der Waals surface area contributed by atoms with Gasteiger partial charge in [-0.25, -0.2) is 4.98 Å². The molecule has 146 valence electrons. The molecule has 0 spiro atoms. The highest BCUT2D eigenvalue weighted by Gasteiger charge is 2.33. The van der Waals surface area contributed by atoms with Gasteiger partial charge in [0.05, 0.1) is 6.04 Å². The van der Waals surface area contributed by atoms with Crippen molar-refractivity contribution in [1.29, 1.82) is 0 Å². The Morgan fingerprint density at radius 2 is 2.07 bits per heavy atom. The summed E-state index contributed by atoms with van der Waals surface area (Å²) in [5, 5.41) is 0. The van der Waals surface area contributed by atoms with Gasteiger partial charge in [0, 0.05) is 30.6 Å². The van der Waals surface area contributed by atoms with Crippen LogP contribution in [0.15, 0.2) is 47.3 Å². The number of aromatic nitrogens is 2. The Labute approximate surface area is 165 Å². The summed E-state index contributed by atoms with van der Waals surface area (Å²) >= 11 is 0. The maximum atomic E-state index is 12.8. The monoisotopic (exact) mass is 377 g/mol. The summed E-state index contributed by atoms with van der Waals surface area (Å²) in [7, 11) is 0. The number of rotatable bonds is 5. The molecule has 1 N–H and O–H groups in total. The van der Waals surface area contributed by atoms with Gasteiger partial charge in [-0.3, -0.25) is 9.59 Å². The topological polar surface area (TPSA) is 66.1 Å². The molecule has 0 radical (unpaired) electrons. The fourth-order valence-electron chi connectivity index (χ4n) is 4.35. The van der Waals surface area contributed by atoms with Gasteiger partial charge in [0.2, 0.25) is 5.91 Å². The third-order valence-electron chi connectivity index (χ3n) is 5.90. The largest absolute Gasteiger partial charge is 0.332 e. The summed E-state index contributed by atoms with van der Waals surface area (Å²) in [5.74, 6) is 1.16. The number of hydrogen-bond donors (Lipinski definition) is 1. The molecule has 1 aliphatic carbocycles. The predicted octanol–water partition coefficient (Wildman–Crippen LogP) is 3.69. The van der Waals surface area contributed by atoms with Crippen molar-refractivity contribution >= 4 is 5.91 Å². The van der Waals surface area contributed by atoms with E-state index < -0.39 is 0 Å². The maximum Gasteiger partial charge on any atom is 0.254 e. The van der Waals surface area contributed by atoms with Gasteiger partial charge in [0.1, 0.15) is 5.82 Å². The summed E-state index contributed by atoms with van der Waals surface area (Å²) in [6.07, 6.45) is 9.38. The molecule has 1 aliphatic heterocycles. The number of carbonyl (C=O) groups excluding carboxylic acids is 1. The van der Waals surface area contributed by atoms with Crippen LogP contribution in [0, 0.1) is 12.8 Å². The summed E-state index contributed by atoms with van der Waals surface area (Å²) in [4.78, 5) is 35.2. The maximum absolute atomic E-state index is 12.8. The van der Waals surface area contributed by atoms with E-state index >= 15 is 0 Å². The van der Waals surface area contributed by atoms with Gasteiger partial charge in [-0.1, -0.05) is 42.5 Å². The summed E-state index contributed by atoms with van der Waals surface area (Å²) in [5.41, 5.74) is 2.44. The fraction of sp³-hybridized carbons (Fsp3) is 0.435. The molecule has 1 aromatic heterocycles. The second-order valence-corrected chi connectivity index (χ2v) is 7.89. The molecule has 2 aromatic rings. The Bertz CT molecular complexity index is 933. The van der Waals surface area contributed by atoms with Crippen molar-refractivity contribution in [2.75, 3.05) is 6.54 Å². The second-order valence-electron chi connectivity index (χ2n) is 7.89. The van der Waals surface area contributed by atoms with Crippen molar-refractivity contribution < 1.29 is 4.79 Å². The average Bonchev–Trinajstić information content (AvgIpc) is 3.37. The van der Waals surface area contributed by atoms with Gasteiger partial charge in [-0.05, 0) is 44.1 Å². The quantitative estimate of drug-likeness (QED) is 0.808. The number of nitrogens with zero attached hydrogens (tertiary/aromatic N) is 2. The number of H-pyrrole nitrogens is 1. The lowest BCUT2D eigenvalue weighted by atomic mass is 10.0. The van der Waals surface area contributed by atoms with E-state index in [2.05, 4.69) is 17.1 Å². The number of benzene rings is 1. The highest BCUT2D eigenvalue weighted by atomic mass is 16.2. The number of allylic oxidation sites excluding steroid dienone is 2. The number of aryl methyl sites for hydroxylation is 1. The first kappa shape index (κ1) is 18.7. The zero-order chi connectivity index (χ0) is 19.5. The molecule has 28 heavy (non-hydrogen) atoms. The zero-order valence-electron chi connectivity index (χ0n) is 16.4. The first-order valence-corrected chi connectivity index (χ1v) is 10.2. The Morgan fingerprint density at radius 1 is 1.25 bits per heavy atom. The molecule has 4 rings (SSSR count). The van der Waals surface area contributed by atoms with Gasteiger partial charge in [-0.15, -0.1) is 0 Å². The van der Waals surface area contributed by atoms with E-state index in [0.717, 1.165) is 43.5 Å². The second kappa shape index (κ2) is 8.13. The standard InChI is InChI=1S/C23H27N3O2/c1-16-19(14-17-8-3-2-4-9-17)23(28)25-22(24-16)20-12-7-13-26(20)21(27)15-18-10-5-6-11-18/h2-5,8-10,18,20H,6-7,11-15H2,1H3,(H,24,25,28)/t18-,20+/m1/s1. The van der Waals surface area contributed by atoms with Crippen molar-refractivity contribution in [2.24, 2.45) is 5.92 Å². The van der Waals surface area contributed by atoms with Crippen LogP contribution in [-0.2, 0) is 11.2 Å². The third-order valence-corrected chi connectivity index (χ3v) is 5.90. The van der Waals surface area contributed by atoms with Crippen LogP contribution in [-0.4, -0.2) is 27.3 Å². The minimum Gasteiger partial charge on any atom is -0.332 e. The van der Waals surface area contributed by atoms with Gasteiger partial charge >= 0.3 is 0 Å². The Hall–Kier alpha value is -2.69. The molecule has 5 heteroatoms. The molecule has 1 aromatic carbocycles. The number of aromatic amines is 1. The van der Waals surface area contributed by atoms with Crippen LogP contribution in [0.2, 0.25) is 0 Å². The molecule has 2 aliphatic rings. The number of hydrogen-bond acceptors (Lipinski definition) is 3. The number of amides is 1. The molecule has 0 bridgehead atoms. The number of nitrogens with one attached hydrogen (secondary N) is 1. The summed E-state index contributed by atoms with van der Waals surface area (Å²) in [6, 6.07) is 9.83. The highest BCUT2D eigenvalue weighted by molar-refractivity contribution is 5.77. The van der Waals surface area contributed by atoms with Crippen molar-refractivity contribution in [3.63, 3.8) is 0 Å².